The first-order chi connectivity index (χ1) is 20.5. The van der Waals surface area contributed by atoms with Crippen LogP contribution >= 0.6 is 0 Å². The van der Waals surface area contributed by atoms with Gasteiger partial charge in [0.2, 0.25) is 0 Å². The van der Waals surface area contributed by atoms with Gasteiger partial charge in [-0.05, 0) is 49.9 Å². The van der Waals surface area contributed by atoms with Gasteiger partial charge in [0, 0.05) is 92.4 Å². The highest BCUT2D eigenvalue weighted by atomic mass is 16.3. The lowest BCUT2D eigenvalue weighted by Crippen LogP contribution is -2.13. The molecule has 0 radical (unpaired) electrons. The van der Waals surface area contributed by atoms with Gasteiger partial charge in [0.15, 0.2) is 0 Å². The van der Waals surface area contributed by atoms with Gasteiger partial charge in [-0.2, -0.15) is 0 Å². The number of rotatable bonds is 0. The first kappa shape index (κ1) is 30.7. The number of hydrogen-bond donors (Lipinski definition) is 8. The summed E-state index contributed by atoms with van der Waals surface area (Å²) in [5.74, 6) is -3.88. The average molecular weight is 601 g/mol. The highest BCUT2D eigenvalue weighted by Gasteiger charge is 2.34. The van der Waals surface area contributed by atoms with Crippen molar-refractivity contribution in [3.63, 3.8) is 0 Å². The van der Waals surface area contributed by atoms with E-state index >= 15 is 0 Å². The molecule has 0 fully saturated rings. The molecule has 0 spiro atoms. The fraction of sp³-hybridized carbons (Fsp3) is 0.333. The summed E-state index contributed by atoms with van der Waals surface area (Å²) >= 11 is 0. The minimum absolute atomic E-state index is 0.177. The molecule has 44 heavy (non-hydrogen) atoms. The lowest BCUT2D eigenvalue weighted by atomic mass is 9.75. The molecule has 0 saturated carbocycles. The van der Waals surface area contributed by atoms with E-state index in [0.717, 1.165) is 0 Å². The highest BCUT2D eigenvalue weighted by Crippen LogP contribution is 2.53. The van der Waals surface area contributed by atoms with Gasteiger partial charge < -0.3 is 40.9 Å². The Morgan fingerprint density at radius 2 is 0.409 bits per heavy atom. The van der Waals surface area contributed by atoms with Crippen LogP contribution in [0.5, 0.6) is 46.0 Å². The molecule has 4 aromatic rings. The van der Waals surface area contributed by atoms with E-state index in [1.54, 1.807) is 27.7 Å². The standard InChI is InChI=1S/C36H40O8/c1-13-29-17(5)31-14(2)33(25(41)10-23(31)39)19(7)35-16(4)36(28(44)12-27(35)43)20(8)34-15(3)32(24(40)11-26(34)42)18(6)30(13)22(38)9-21(29)37/h9-12,17-20,37-44H,1-8H3. The Kier molecular flexibility index (Phi) is 7.31. The normalized spacial score (nSPS) is 19.6. The smallest absolute Gasteiger partial charge is 0.123 e. The van der Waals surface area contributed by atoms with E-state index in [9.17, 15) is 40.9 Å². The molecule has 0 aromatic heterocycles. The summed E-state index contributed by atoms with van der Waals surface area (Å²) in [5.41, 5.74) is 5.83. The van der Waals surface area contributed by atoms with Crippen LogP contribution in [-0.4, -0.2) is 40.9 Å². The molecule has 232 valence electrons. The van der Waals surface area contributed by atoms with Gasteiger partial charge in [-0.15, -0.1) is 0 Å². The topological polar surface area (TPSA) is 162 Å². The Morgan fingerprint density at radius 1 is 0.295 bits per heavy atom. The van der Waals surface area contributed by atoms with Gasteiger partial charge >= 0.3 is 0 Å². The molecule has 4 aromatic carbocycles. The van der Waals surface area contributed by atoms with Crippen LogP contribution in [0.1, 0.15) is 118 Å². The second kappa shape index (κ2) is 10.5. The molecule has 0 aliphatic heterocycles. The van der Waals surface area contributed by atoms with E-state index in [1.807, 2.05) is 27.7 Å². The van der Waals surface area contributed by atoms with Crippen molar-refractivity contribution in [2.24, 2.45) is 0 Å². The van der Waals surface area contributed by atoms with Crippen molar-refractivity contribution in [1.29, 1.82) is 0 Å². The molecule has 8 nitrogen and oxygen atoms in total. The highest BCUT2D eigenvalue weighted by molar-refractivity contribution is 5.67. The number of phenolic OH excluding ortho intramolecular Hbond substituents is 8. The second-order valence-corrected chi connectivity index (χ2v) is 12.4. The fourth-order valence-corrected chi connectivity index (χ4v) is 8.21. The third-order valence-electron chi connectivity index (χ3n) is 10.00. The lowest BCUT2D eigenvalue weighted by Gasteiger charge is -2.30. The predicted octanol–water partition coefficient (Wildman–Crippen LogP) is 7.49. The van der Waals surface area contributed by atoms with Gasteiger partial charge in [0.05, 0.1) is 0 Å². The van der Waals surface area contributed by atoms with E-state index in [-0.39, 0.29) is 46.0 Å². The maximum atomic E-state index is 11.2. The Hall–Kier alpha value is -4.72. The molecule has 0 amide bonds. The van der Waals surface area contributed by atoms with E-state index < -0.39 is 23.7 Å². The molecule has 8 heteroatoms. The van der Waals surface area contributed by atoms with Gasteiger partial charge in [0.25, 0.3) is 0 Å². The fourth-order valence-electron chi connectivity index (χ4n) is 8.21. The molecule has 5 rings (SSSR count). The van der Waals surface area contributed by atoms with Crippen LogP contribution in [0, 0.1) is 27.7 Å². The van der Waals surface area contributed by atoms with Crippen LogP contribution < -0.4 is 0 Å². The molecular formula is C36H40O8. The Bertz CT molecular complexity index is 1470. The summed E-state index contributed by atoms with van der Waals surface area (Å²) < 4.78 is 0. The number of phenols is 8. The molecule has 1 aliphatic rings. The first-order valence-electron chi connectivity index (χ1n) is 14.7. The Morgan fingerprint density at radius 3 is 0.523 bits per heavy atom. The molecule has 0 unspecified atom stereocenters. The summed E-state index contributed by atoms with van der Waals surface area (Å²) in [6, 6.07) is 5.02. The summed E-state index contributed by atoms with van der Waals surface area (Å²) in [7, 11) is 0. The zero-order valence-corrected chi connectivity index (χ0v) is 26.2. The average Bonchev–Trinajstić information content (AvgIpc) is 2.86. The first-order valence-corrected chi connectivity index (χ1v) is 14.7. The van der Waals surface area contributed by atoms with Crippen LogP contribution in [0.15, 0.2) is 24.3 Å². The molecule has 0 heterocycles. The predicted molar refractivity (Wildman–Crippen MR) is 168 cm³/mol. The van der Waals surface area contributed by atoms with Gasteiger partial charge in [-0.3, -0.25) is 0 Å². The number of hydrogen-bond acceptors (Lipinski definition) is 8. The van der Waals surface area contributed by atoms with Crippen molar-refractivity contribution in [3.05, 3.63) is 91.0 Å². The van der Waals surface area contributed by atoms with Crippen LogP contribution in [0.3, 0.4) is 0 Å². The summed E-state index contributed by atoms with van der Waals surface area (Å²) in [6.07, 6.45) is 0. The minimum Gasteiger partial charge on any atom is -0.507 e. The monoisotopic (exact) mass is 600 g/mol. The number of fused-ring (bicyclic) bond motifs is 8. The van der Waals surface area contributed by atoms with Crippen molar-refractivity contribution < 1.29 is 40.9 Å². The molecule has 8 N–H and O–H groups in total. The van der Waals surface area contributed by atoms with E-state index in [0.29, 0.717) is 66.8 Å². The van der Waals surface area contributed by atoms with E-state index in [1.165, 1.54) is 24.3 Å². The summed E-state index contributed by atoms with van der Waals surface area (Å²) in [5, 5.41) is 89.4. The molecule has 1 aliphatic carbocycles. The third-order valence-corrected chi connectivity index (χ3v) is 10.00. The minimum atomic E-state index is -0.615. The molecule has 8 bridgehead atoms. The van der Waals surface area contributed by atoms with Gasteiger partial charge in [0.1, 0.15) is 46.0 Å². The Balaban J connectivity index is 2.01. The van der Waals surface area contributed by atoms with Crippen molar-refractivity contribution in [3.8, 4) is 46.0 Å². The van der Waals surface area contributed by atoms with Crippen LogP contribution in [0.2, 0.25) is 0 Å². The summed E-state index contributed by atoms with van der Waals surface area (Å²) in [6.45, 7) is 14.3. The number of benzene rings is 4. The number of aromatic hydroxyl groups is 8. The molecule has 0 saturated heterocycles. The quantitative estimate of drug-likeness (QED) is 0.103. The van der Waals surface area contributed by atoms with Crippen LogP contribution in [0.4, 0.5) is 0 Å². The second-order valence-electron chi connectivity index (χ2n) is 12.4. The van der Waals surface area contributed by atoms with Crippen molar-refractivity contribution in [2.75, 3.05) is 0 Å². The SMILES string of the molecule is Cc1c2c(O)cc(O)c1C(C)c1c(O)cc(O)c(c1C)C(C)c1c(O)cc(O)c(c1C)C(C)c1c(O)cc(O)c(c1C)C2C. The maximum absolute atomic E-state index is 11.2. The van der Waals surface area contributed by atoms with E-state index in [4.69, 9.17) is 0 Å². The largest absolute Gasteiger partial charge is 0.507 e. The van der Waals surface area contributed by atoms with Crippen molar-refractivity contribution >= 4 is 0 Å². The van der Waals surface area contributed by atoms with Crippen molar-refractivity contribution in [1.82, 2.24) is 0 Å². The zero-order valence-electron chi connectivity index (χ0n) is 26.2. The maximum Gasteiger partial charge on any atom is 0.123 e. The lowest BCUT2D eigenvalue weighted by molar-refractivity contribution is 0.427. The van der Waals surface area contributed by atoms with E-state index in [2.05, 4.69) is 0 Å². The van der Waals surface area contributed by atoms with Crippen LogP contribution in [-0.2, 0) is 0 Å². The zero-order chi connectivity index (χ0) is 32.7. The third kappa shape index (κ3) is 4.26. The van der Waals surface area contributed by atoms with Crippen molar-refractivity contribution in [2.45, 2.75) is 79.1 Å². The van der Waals surface area contributed by atoms with Gasteiger partial charge in [-0.1, -0.05) is 27.7 Å². The van der Waals surface area contributed by atoms with Gasteiger partial charge in [-0.25, -0.2) is 0 Å². The summed E-state index contributed by atoms with van der Waals surface area (Å²) in [4.78, 5) is 0. The van der Waals surface area contributed by atoms with Crippen LogP contribution in [0.25, 0.3) is 0 Å². The molecule has 0 atom stereocenters. The Labute approximate surface area is 256 Å². The molecular weight excluding hydrogens is 560 g/mol.